The molecular weight excluding hydrogens is 242 g/mol. The lowest BCUT2D eigenvalue weighted by Gasteiger charge is -2.06. The maximum atomic E-state index is 11.7. The van der Waals surface area contributed by atoms with E-state index in [0.29, 0.717) is 10.4 Å². The maximum Gasteiger partial charge on any atom is 0.348 e. The number of anilines is 1. The van der Waals surface area contributed by atoms with E-state index in [4.69, 9.17) is 10.5 Å². The first-order valence-electron chi connectivity index (χ1n) is 5.06. The van der Waals surface area contributed by atoms with Crippen molar-refractivity contribution in [3.63, 3.8) is 0 Å². The Labute approximate surface area is 104 Å². The van der Waals surface area contributed by atoms with Gasteiger partial charge >= 0.3 is 11.9 Å². The monoisotopic (exact) mass is 257 g/mol. The molecule has 0 unspecified atom stereocenters. The van der Waals surface area contributed by atoms with Crippen molar-refractivity contribution in [2.75, 3.05) is 12.8 Å². The summed E-state index contributed by atoms with van der Waals surface area (Å²) in [7, 11) is 1.27. The summed E-state index contributed by atoms with van der Waals surface area (Å²) in [5.41, 5.74) is 6.45. The highest BCUT2D eigenvalue weighted by atomic mass is 32.1. The Morgan fingerprint density at radius 3 is 2.35 bits per heavy atom. The molecule has 17 heavy (non-hydrogen) atoms. The van der Waals surface area contributed by atoms with E-state index >= 15 is 0 Å². The van der Waals surface area contributed by atoms with Gasteiger partial charge in [-0.05, 0) is 26.3 Å². The largest absolute Gasteiger partial charge is 0.465 e. The van der Waals surface area contributed by atoms with Gasteiger partial charge in [-0.2, -0.15) is 0 Å². The zero-order chi connectivity index (χ0) is 13.2. The van der Waals surface area contributed by atoms with Crippen LogP contribution in [0.3, 0.4) is 0 Å². The Balaban J connectivity index is 3.12. The van der Waals surface area contributed by atoms with Crippen molar-refractivity contribution in [2.45, 2.75) is 26.9 Å². The molecule has 2 N–H and O–H groups in total. The van der Waals surface area contributed by atoms with Crippen LogP contribution in [0.25, 0.3) is 0 Å². The summed E-state index contributed by atoms with van der Waals surface area (Å²) in [6.07, 6.45) is -0.216. The Bertz CT molecular complexity index is 451. The van der Waals surface area contributed by atoms with Gasteiger partial charge in [-0.15, -0.1) is 11.3 Å². The van der Waals surface area contributed by atoms with Gasteiger partial charge in [0.2, 0.25) is 0 Å². The van der Waals surface area contributed by atoms with Crippen molar-refractivity contribution in [1.82, 2.24) is 0 Å². The van der Waals surface area contributed by atoms with Crippen molar-refractivity contribution in [3.8, 4) is 0 Å². The summed E-state index contributed by atoms with van der Waals surface area (Å²) in [6.45, 7) is 5.16. The van der Waals surface area contributed by atoms with E-state index in [1.54, 1.807) is 20.8 Å². The van der Waals surface area contributed by atoms with E-state index in [1.807, 2.05) is 0 Å². The second-order valence-corrected chi connectivity index (χ2v) is 4.79. The van der Waals surface area contributed by atoms with Crippen LogP contribution in [-0.2, 0) is 9.47 Å². The second kappa shape index (κ2) is 5.18. The fourth-order valence-corrected chi connectivity index (χ4v) is 2.30. The van der Waals surface area contributed by atoms with Crippen molar-refractivity contribution in [3.05, 3.63) is 16.0 Å². The average molecular weight is 257 g/mol. The van der Waals surface area contributed by atoms with Gasteiger partial charge in [0.1, 0.15) is 9.88 Å². The van der Waals surface area contributed by atoms with Crippen LogP contribution in [0.15, 0.2) is 0 Å². The highest BCUT2D eigenvalue weighted by molar-refractivity contribution is 7.18. The third-order valence-corrected chi connectivity index (χ3v) is 3.19. The molecular formula is C11H15NO4S. The van der Waals surface area contributed by atoms with Gasteiger partial charge in [0.05, 0.1) is 18.8 Å². The smallest absolute Gasteiger partial charge is 0.348 e. The van der Waals surface area contributed by atoms with Gasteiger partial charge in [-0.3, -0.25) is 0 Å². The molecule has 1 aromatic heterocycles. The number of methoxy groups -OCH3 is 1. The maximum absolute atomic E-state index is 11.7. The molecule has 1 rings (SSSR count). The van der Waals surface area contributed by atoms with Gasteiger partial charge in [0.15, 0.2) is 0 Å². The number of nitrogens with two attached hydrogens (primary N) is 1. The molecule has 0 saturated carbocycles. The Kier molecular flexibility index (Phi) is 4.11. The molecule has 0 fully saturated rings. The zero-order valence-electron chi connectivity index (χ0n) is 10.2. The van der Waals surface area contributed by atoms with Crippen LogP contribution in [-0.4, -0.2) is 25.2 Å². The SMILES string of the molecule is COC(=O)c1c(N)sc(C(=O)OC(C)C)c1C. The van der Waals surface area contributed by atoms with Crippen LogP contribution < -0.4 is 5.73 Å². The van der Waals surface area contributed by atoms with E-state index in [-0.39, 0.29) is 16.7 Å². The number of rotatable bonds is 3. The first-order chi connectivity index (χ1) is 7.88. The van der Waals surface area contributed by atoms with E-state index in [2.05, 4.69) is 4.74 Å². The van der Waals surface area contributed by atoms with Gasteiger partial charge in [-0.1, -0.05) is 0 Å². The number of hydrogen-bond donors (Lipinski definition) is 1. The van der Waals surface area contributed by atoms with Crippen LogP contribution in [0.5, 0.6) is 0 Å². The highest BCUT2D eigenvalue weighted by Gasteiger charge is 2.24. The molecule has 0 saturated heterocycles. The van der Waals surface area contributed by atoms with Gasteiger partial charge < -0.3 is 15.2 Å². The first kappa shape index (κ1) is 13.5. The van der Waals surface area contributed by atoms with Crippen LogP contribution in [0.4, 0.5) is 5.00 Å². The molecule has 0 aliphatic rings. The van der Waals surface area contributed by atoms with Crippen LogP contribution in [0.1, 0.15) is 39.4 Å². The van der Waals surface area contributed by atoms with Crippen molar-refractivity contribution in [1.29, 1.82) is 0 Å². The molecule has 0 bridgehead atoms. The molecule has 0 radical (unpaired) electrons. The molecule has 0 spiro atoms. The van der Waals surface area contributed by atoms with E-state index < -0.39 is 11.9 Å². The fraction of sp³-hybridized carbons (Fsp3) is 0.455. The molecule has 0 amide bonds. The number of thiophene rings is 1. The quantitative estimate of drug-likeness (QED) is 0.838. The number of carbonyl (C=O) groups excluding carboxylic acids is 2. The Morgan fingerprint density at radius 1 is 1.29 bits per heavy atom. The Hall–Kier alpha value is -1.56. The number of hydrogen-bond acceptors (Lipinski definition) is 6. The molecule has 1 heterocycles. The molecule has 6 heteroatoms. The first-order valence-corrected chi connectivity index (χ1v) is 5.88. The standard InChI is InChI=1S/C11H15NO4S/c1-5(2)16-11(14)8-6(3)7(9(12)17-8)10(13)15-4/h5H,12H2,1-4H3. The van der Waals surface area contributed by atoms with Crippen molar-refractivity contribution >= 4 is 28.3 Å². The zero-order valence-corrected chi connectivity index (χ0v) is 11.0. The number of carbonyl (C=O) groups is 2. The van der Waals surface area contributed by atoms with E-state index in [9.17, 15) is 9.59 Å². The van der Waals surface area contributed by atoms with Gasteiger partial charge in [0.25, 0.3) is 0 Å². The lowest BCUT2D eigenvalue weighted by atomic mass is 10.1. The minimum Gasteiger partial charge on any atom is -0.465 e. The van der Waals surface area contributed by atoms with Crippen molar-refractivity contribution < 1.29 is 19.1 Å². The number of nitrogen functional groups attached to an aromatic ring is 1. The predicted molar refractivity (Wildman–Crippen MR) is 65.4 cm³/mol. The van der Waals surface area contributed by atoms with E-state index in [0.717, 1.165) is 11.3 Å². The third kappa shape index (κ3) is 2.76. The van der Waals surface area contributed by atoms with Gasteiger partial charge in [-0.25, -0.2) is 9.59 Å². The average Bonchev–Trinajstić information content (AvgIpc) is 2.52. The number of ether oxygens (including phenoxy) is 2. The number of esters is 2. The summed E-state index contributed by atoms with van der Waals surface area (Å²) in [5.74, 6) is -1.01. The lowest BCUT2D eigenvalue weighted by molar-refractivity contribution is 0.0383. The molecule has 5 nitrogen and oxygen atoms in total. The molecule has 0 aliphatic heterocycles. The summed E-state index contributed by atoms with van der Waals surface area (Å²) in [4.78, 5) is 23.5. The van der Waals surface area contributed by atoms with Crippen LogP contribution in [0, 0.1) is 6.92 Å². The van der Waals surface area contributed by atoms with Crippen LogP contribution in [0.2, 0.25) is 0 Å². The molecule has 0 atom stereocenters. The molecule has 94 valence electrons. The summed E-state index contributed by atoms with van der Waals surface area (Å²) >= 11 is 1.04. The molecule has 0 aromatic carbocycles. The highest BCUT2D eigenvalue weighted by Crippen LogP contribution is 2.31. The summed E-state index contributed by atoms with van der Waals surface area (Å²) in [5, 5.41) is 0.269. The topological polar surface area (TPSA) is 78.6 Å². The van der Waals surface area contributed by atoms with E-state index in [1.165, 1.54) is 7.11 Å². The summed E-state index contributed by atoms with van der Waals surface area (Å²) < 4.78 is 9.67. The molecule has 1 aromatic rings. The predicted octanol–water partition coefficient (Wildman–Crippen LogP) is 1.99. The minimum absolute atomic E-state index is 0.216. The Morgan fingerprint density at radius 2 is 1.88 bits per heavy atom. The summed E-state index contributed by atoms with van der Waals surface area (Å²) in [6, 6.07) is 0. The third-order valence-electron chi connectivity index (χ3n) is 2.09. The lowest BCUT2D eigenvalue weighted by Crippen LogP contribution is -2.12. The van der Waals surface area contributed by atoms with Crippen LogP contribution >= 0.6 is 11.3 Å². The second-order valence-electron chi connectivity index (χ2n) is 3.74. The minimum atomic E-state index is -0.542. The van der Waals surface area contributed by atoms with Gasteiger partial charge in [0, 0.05) is 0 Å². The van der Waals surface area contributed by atoms with Crippen molar-refractivity contribution in [2.24, 2.45) is 0 Å². The fourth-order valence-electron chi connectivity index (χ4n) is 1.35. The normalized spacial score (nSPS) is 10.4. The molecule has 0 aliphatic carbocycles.